The van der Waals surface area contributed by atoms with Gasteiger partial charge in [0.25, 0.3) is 0 Å². The maximum Gasteiger partial charge on any atom is 0.408 e. The number of halogens is 4. The number of ether oxygens (including phenoxy) is 1. The second-order valence-electron chi connectivity index (χ2n) is 2.85. The fourth-order valence-electron chi connectivity index (χ4n) is 1.04. The summed E-state index contributed by atoms with van der Waals surface area (Å²) in [7, 11) is 0. The molecule has 0 aliphatic rings. The molecule has 1 aromatic rings. The molecule has 1 heterocycles. The van der Waals surface area contributed by atoms with Crippen LogP contribution in [0.1, 0.15) is 12.6 Å². The molecule has 1 rings (SSSR count). The Hall–Kier alpha value is -0.310. The van der Waals surface area contributed by atoms with Gasteiger partial charge >= 0.3 is 6.18 Å². The van der Waals surface area contributed by atoms with Gasteiger partial charge in [-0.2, -0.15) is 18.3 Å². The van der Waals surface area contributed by atoms with Crippen molar-refractivity contribution in [2.24, 2.45) is 0 Å². The Kier molecular flexibility index (Phi) is 4.38. The molecular formula is C8H10F3IN2O. The summed E-state index contributed by atoms with van der Waals surface area (Å²) in [5.74, 6) is 0. The van der Waals surface area contributed by atoms with Gasteiger partial charge in [0.05, 0.1) is 22.1 Å². The predicted octanol–water partition coefficient (Wildman–Crippen LogP) is 2.59. The predicted molar refractivity (Wildman–Crippen MR) is 56.3 cm³/mol. The minimum absolute atomic E-state index is 0.158. The minimum atomic E-state index is -4.25. The van der Waals surface area contributed by atoms with E-state index in [0.717, 1.165) is 4.68 Å². The molecule has 0 saturated heterocycles. The van der Waals surface area contributed by atoms with Gasteiger partial charge in [-0.3, -0.25) is 4.68 Å². The molecule has 86 valence electrons. The molecule has 3 nitrogen and oxygen atoms in total. The Labute approximate surface area is 98.7 Å². The Morgan fingerprint density at radius 1 is 1.53 bits per heavy atom. The molecule has 0 unspecified atom stereocenters. The molecule has 0 aromatic carbocycles. The van der Waals surface area contributed by atoms with Crippen LogP contribution in [0.2, 0.25) is 0 Å². The lowest BCUT2D eigenvalue weighted by Crippen LogP contribution is -2.20. The van der Waals surface area contributed by atoms with Crippen LogP contribution in [0.15, 0.2) is 6.20 Å². The molecule has 0 amide bonds. The van der Waals surface area contributed by atoms with Crippen molar-refractivity contribution in [2.45, 2.75) is 26.3 Å². The number of hydrogen-bond acceptors (Lipinski definition) is 2. The maximum absolute atomic E-state index is 12.1. The van der Waals surface area contributed by atoms with Crippen molar-refractivity contribution in [3.8, 4) is 0 Å². The van der Waals surface area contributed by atoms with Crippen molar-refractivity contribution in [2.75, 3.05) is 6.61 Å². The van der Waals surface area contributed by atoms with Gasteiger partial charge in [0.15, 0.2) is 0 Å². The first-order valence-corrected chi connectivity index (χ1v) is 5.36. The molecule has 0 fully saturated rings. The quantitative estimate of drug-likeness (QED) is 0.792. The topological polar surface area (TPSA) is 27.1 Å². The highest BCUT2D eigenvalue weighted by Gasteiger charge is 2.29. The molecule has 0 saturated carbocycles. The van der Waals surface area contributed by atoms with Crippen LogP contribution in [-0.2, 0) is 17.9 Å². The van der Waals surface area contributed by atoms with Crippen LogP contribution in [0.5, 0.6) is 0 Å². The standard InChI is InChI=1S/C8H10F3IN2O/c1-2-15-4-7-6(12)3-13-14(7)5-8(9,10)11/h3H,2,4-5H2,1H3. The molecule has 1 aromatic heterocycles. The minimum Gasteiger partial charge on any atom is -0.375 e. The average Bonchev–Trinajstić information content (AvgIpc) is 2.42. The van der Waals surface area contributed by atoms with E-state index in [0.29, 0.717) is 15.9 Å². The molecule has 0 spiro atoms. The van der Waals surface area contributed by atoms with Gasteiger partial charge in [-0.25, -0.2) is 0 Å². The number of rotatable bonds is 4. The third-order valence-corrected chi connectivity index (χ3v) is 2.57. The van der Waals surface area contributed by atoms with Crippen molar-refractivity contribution in [1.29, 1.82) is 0 Å². The molecule has 0 bridgehead atoms. The Morgan fingerprint density at radius 2 is 2.20 bits per heavy atom. The zero-order valence-corrected chi connectivity index (χ0v) is 10.2. The van der Waals surface area contributed by atoms with E-state index >= 15 is 0 Å². The van der Waals surface area contributed by atoms with E-state index in [-0.39, 0.29) is 6.61 Å². The number of aromatic nitrogens is 2. The van der Waals surface area contributed by atoms with E-state index in [4.69, 9.17) is 4.74 Å². The summed E-state index contributed by atoms with van der Waals surface area (Å²) in [5, 5.41) is 3.66. The number of alkyl halides is 3. The van der Waals surface area contributed by atoms with E-state index in [1.165, 1.54) is 6.20 Å². The first-order valence-electron chi connectivity index (χ1n) is 4.28. The Morgan fingerprint density at radius 3 is 2.73 bits per heavy atom. The molecular weight excluding hydrogens is 324 g/mol. The molecule has 0 aliphatic carbocycles. The Bertz CT molecular complexity index is 324. The van der Waals surface area contributed by atoms with Crippen LogP contribution in [0.4, 0.5) is 13.2 Å². The van der Waals surface area contributed by atoms with Crippen molar-refractivity contribution in [3.63, 3.8) is 0 Å². The maximum atomic E-state index is 12.1. The van der Waals surface area contributed by atoms with E-state index < -0.39 is 12.7 Å². The van der Waals surface area contributed by atoms with Gasteiger partial charge in [0, 0.05) is 6.61 Å². The molecule has 0 aliphatic heterocycles. The fraction of sp³-hybridized carbons (Fsp3) is 0.625. The normalized spacial score (nSPS) is 12.1. The first-order chi connectivity index (χ1) is 6.94. The van der Waals surface area contributed by atoms with Gasteiger partial charge in [-0.05, 0) is 29.5 Å². The number of hydrogen-bond donors (Lipinski definition) is 0. The molecule has 0 radical (unpaired) electrons. The molecule has 0 atom stereocenters. The smallest absolute Gasteiger partial charge is 0.375 e. The van der Waals surface area contributed by atoms with Crippen LogP contribution in [0.3, 0.4) is 0 Å². The number of nitrogens with zero attached hydrogens (tertiary/aromatic N) is 2. The van der Waals surface area contributed by atoms with E-state index in [1.54, 1.807) is 6.92 Å². The van der Waals surface area contributed by atoms with Crippen LogP contribution < -0.4 is 0 Å². The van der Waals surface area contributed by atoms with E-state index in [2.05, 4.69) is 5.10 Å². The van der Waals surface area contributed by atoms with Gasteiger partial charge in [-0.1, -0.05) is 0 Å². The summed E-state index contributed by atoms with van der Waals surface area (Å²) in [6.07, 6.45) is -2.85. The van der Waals surface area contributed by atoms with Crippen molar-refractivity contribution >= 4 is 22.6 Å². The summed E-state index contributed by atoms with van der Waals surface area (Å²) in [5.41, 5.74) is 0.467. The molecule has 7 heteroatoms. The van der Waals surface area contributed by atoms with Gasteiger partial charge in [0.2, 0.25) is 0 Å². The van der Waals surface area contributed by atoms with Crippen molar-refractivity contribution in [3.05, 3.63) is 15.5 Å². The second-order valence-corrected chi connectivity index (χ2v) is 4.01. The highest BCUT2D eigenvalue weighted by atomic mass is 127. The summed E-state index contributed by atoms with van der Waals surface area (Å²) in [6, 6.07) is 0. The SMILES string of the molecule is CCOCc1c(I)cnn1CC(F)(F)F. The fourth-order valence-corrected chi connectivity index (χ4v) is 1.59. The highest BCUT2D eigenvalue weighted by molar-refractivity contribution is 14.1. The van der Waals surface area contributed by atoms with Crippen LogP contribution >= 0.6 is 22.6 Å². The van der Waals surface area contributed by atoms with Gasteiger partial charge in [0.1, 0.15) is 6.54 Å². The van der Waals surface area contributed by atoms with Gasteiger partial charge in [-0.15, -0.1) is 0 Å². The van der Waals surface area contributed by atoms with Crippen LogP contribution in [-0.4, -0.2) is 22.6 Å². The highest BCUT2D eigenvalue weighted by Crippen LogP contribution is 2.20. The first kappa shape index (κ1) is 12.8. The lowest BCUT2D eigenvalue weighted by Gasteiger charge is -2.10. The van der Waals surface area contributed by atoms with Gasteiger partial charge < -0.3 is 4.74 Å². The van der Waals surface area contributed by atoms with Crippen LogP contribution in [0, 0.1) is 3.57 Å². The summed E-state index contributed by atoms with van der Waals surface area (Å²) < 4.78 is 43.1. The van der Waals surface area contributed by atoms with E-state index in [1.807, 2.05) is 22.6 Å². The van der Waals surface area contributed by atoms with Crippen molar-refractivity contribution in [1.82, 2.24) is 9.78 Å². The lowest BCUT2D eigenvalue weighted by molar-refractivity contribution is -0.143. The largest absolute Gasteiger partial charge is 0.408 e. The van der Waals surface area contributed by atoms with E-state index in [9.17, 15) is 13.2 Å². The Balaban J connectivity index is 2.79. The zero-order valence-electron chi connectivity index (χ0n) is 8.01. The van der Waals surface area contributed by atoms with Crippen LogP contribution in [0.25, 0.3) is 0 Å². The third-order valence-electron chi connectivity index (χ3n) is 1.67. The summed E-state index contributed by atoms with van der Waals surface area (Å²) >= 11 is 1.94. The molecule has 15 heavy (non-hydrogen) atoms. The second kappa shape index (κ2) is 5.15. The summed E-state index contributed by atoms with van der Waals surface area (Å²) in [6.45, 7) is 1.34. The monoisotopic (exact) mass is 334 g/mol. The summed E-state index contributed by atoms with van der Waals surface area (Å²) in [4.78, 5) is 0. The third kappa shape index (κ3) is 3.98. The van der Waals surface area contributed by atoms with Crippen molar-refractivity contribution < 1.29 is 17.9 Å². The lowest BCUT2D eigenvalue weighted by atomic mass is 10.4. The average molecular weight is 334 g/mol. The zero-order chi connectivity index (χ0) is 11.5. The molecule has 0 N–H and O–H groups in total.